The molecule has 2 heterocycles. The Morgan fingerprint density at radius 3 is 2.43 bits per heavy atom. The number of hydrogen-bond acceptors (Lipinski definition) is 6. The van der Waals surface area contributed by atoms with Gasteiger partial charge in [0.05, 0.1) is 11.3 Å². The van der Waals surface area contributed by atoms with Crippen LogP contribution in [0.2, 0.25) is 0 Å². The lowest BCUT2D eigenvalue weighted by molar-refractivity contribution is -0.119. The normalized spacial score (nSPS) is 20.3. The molecule has 2 aliphatic heterocycles. The number of benzene rings is 2. The Labute approximate surface area is 225 Å². The van der Waals surface area contributed by atoms with Gasteiger partial charge < -0.3 is 15.2 Å². The molecule has 0 amide bonds. The van der Waals surface area contributed by atoms with Crippen LogP contribution in [-0.2, 0) is 22.4 Å². The van der Waals surface area contributed by atoms with E-state index in [0.717, 1.165) is 61.1 Å². The predicted octanol–water partition coefficient (Wildman–Crippen LogP) is 6.41. The molecule has 2 aliphatic rings. The van der Waals surface area contributed by atoms with Gasteiger partial charge in [-0.05, 0) is 130 Å². The molecule has 2 aromatic rings. The summed E-state index contributed by atoms with van der Waals surface area (Å²) in [5.41, 5.74) is 12.9. The van der Waals surface area contributed by atoms with E-state index < -0.39 is 5.60 Å². The van der Waals surface area contributed by atoms with Crippen LogP contribution >= 0.6 is 11.8 Å². The van der Waals surface area contributed by atoms with Crippen LogP contribution in [0.25, 0.3) is 6.08 Å². The van der Waals surface area contributed by atoms with E-state index in [0.29, 0.717) is 11.5 Å². The molecule has 1 atom stereocenters. The SMILES string of the molecule is Cc1c(C)c2c(c(C)c1CCCCCCN)CCC(C)(COc1ccc(/C=C3\SC(=O)CC3=O)cc1)O2. The second kappa shape index (κ2) is 11.9. The van der Waals surface area contributed by atoms with Crippen molar-refractivity contribution < 1.29 is 19.1 Å². The van der Waals surface area contributed by atoms with Crippen molar-refractivity contribution in [2.24, 2.45) is 5.73 Å². The van der Waals surface area contributed by atoms with E-state index in [4.69, 9.17) is 15.2 Å². The number of allylic oxidation sites excluding steroid dienone is 1. The summed E-state index contributed by atoms with van der Waals surface area (Å²) in [6.07, 6.45) is 9.52. The quantitative estimate of drug-likeness (QED) is 0.221. The van der Waals surface area contributed by atoms with Gasteiger partial charge >= 0.3 is 0 Å². The third-order valence-electron chi connectivity index (χ3n) is 7.69. The molecule has 198 valence electrons. The molecular formula is C31H39NO4S. The first-order valence-corrected chi connectivity index (χ1v) is 14.2. The minimum atomic E-state index is -0.408. The van der Waals surface area contributed by atoms with Gasteiger partial charge in [0.2, 0.25) is 5.12 Å². The summed E-state index contributed by atoms with van der Waals surface area (Å²) < 4.78 is 12.8. The van der Waals surface area contributed by atoms with Crippen LogP contribution in [-0.4, -0.2) is 29.7 Å². The second-order valence-electron chi connectivity index (χ2n) is 10.6. The zero-order chi connectivity index (χ0) is 26.6. The molecule has 0 saturated carbocycles. The maximum atomic E-state index is 11.9. The monoisotopic (exact) mass is 521 g/mol. The average molecular weight is 522 g/mol. The Balaban J connectivity index is 1.40. The van der Waals surface area contributed by atoms with Gasteiger partial charge in [-0.3, -0.25) is 9.59 Å². The van der Waals surface area contributed by atoms with Gasteiger partial charge in [0, 0.05) is 0 Å². The number of carbonyl (C=O) groups is 2. The number of unbranched alkanes of at least 4 members (excludes halogenated alkanes) is 3. The molecule has 5 nitrogen and oxygen atoms in total. The summed E-state index contributed by atoms with van der Waals surface area (Å²) in [5, 5.41) is -0.0892. The fourth-order valence-corrected chi connectivity index (χ4v) is 6.08. The molecule has 4 rings (SSSR count). The number of hydrogen-bond donors (Lipinski definition) is 1. The summed E-state index contributed by atoms with van der Waals surface area (Å²) >= 11 is 1.03. The molecule has 1 fully saturated rings. The van der Waals surface area contributed by atoms with Crippen LogP contribution in [0.5, 0.6) is 11.5 Å². The van der Waals surface area contributed by atoms with Gasteiger partial charge in [0.1, 0.15) is 23.7 Å². The van der Waals surface area contributed by atoms with E-state index in [1.165, 1.54) is 47.1 Å². The minimum absolute atomic E-state index is 0.00548. The van der Waals surface area contributed by atoms with Gasteiger partial charge in [-0.25, -0.2) is 0 Å². The molecule has 0 radical (unpaired) electrons. The third kappa shape index (κ3) is 6.47. The lowest BCUT2D eigenvalue weighted by Gasteiger charge is -2.38. The molecule has 0 bridgehead atoms. The molecule has 2 N–H and O–H groups in total. The van der Waals surface area contributed by atoms with Crippen molar-refractivity contribution in [2.75, 3.05) is 13.2 Å². The molecule has 0 aromatic heterocycles. The van der Waals surface area contributed by atoms with Crippen LogP contribution in [0.15, 0.2) is 29.2 Å². The van der Waals surface area contributed by atoms with Crippen LogP contribution in [0.3, 0.4) is 0 Å². The fraction of sp³-hybridized carbons (Fsp3) is 0.484. The molecule has 0 spiro atoms. The van der Waals surface area contributed by atoms with Crippen LogP contribution in [0, 0.1) is 20.8 Å². The van der Waals surface area contributed by atoms with Gasteiger partial charge in [0.15, 0.2) is 5.78 Å². The van der Waals surface area contributed by atoms with Crippen LogP contribution in [0.1, 0.15) is 78.8 Å². The summed E-state index contributed by atoms with van der Waals surface area (Å²) in [6.45, 7) is 10.0. The number of fused-ring (bicyclic) bond motifs is 1. The van der Waals surface area contributed by atoms with E-state index >= 15 is 0 Å². The first-order valence-electron chi connectivity index (χ1n) is 13.4. The highest BCUT2D eigenvalue weighted by molar-refractivity contribution is 8.18. The average Bonchev–Trinajstić information content (AvgIpc) is 3.20. The standard InChI is InChI=1S/C31H39NO4S/c1-20-21(2)30-26(22(3)25(20)9-7-5-6-8-16-32)14-15-31(4,36-30)19-35-24-12-10-23(11-13-24)17-28-27(33)18-29(34)37-28/h10-13,17H,5-9,14-16,18-19,32H2,1-4H3/b28-17-. The number of Topliss-reactive ketones (excluding diaryl/α,β-unsaturated/α-hetero) is 1. The molecule has 2 aromatic carbocycles. The molecule has 0 aliphatic carbocycles. The zero-order valence-electron chi connectivity index (χ0n) is 22.6. The highest BCUT2D eigenvalue weighted by Gasteiger charge is 2.35. The Morgan fingerprint density at radius 1 is 1.03 bits per heavy atom. The van der Waals surface area contributed by atoms with E-state index in [-0.39, 0.29) is 17.3 Å². The largest absolute Gasteiger partial charge is 0.489 e. The Hall–Kier alpha value is -2.57. The number of carbonyl (C=O) groups excluding carboxylic acids is 2. The number of ketones is 1. The van der Waals surface area contributed by atoms with Crippen molar-refractivity contribution in [3.63, 3.8) is 0 Å². The number of nitrogens with two attached hydrogens (primary N) is 1. The Kier molecular flexibility index (Phi) is 8.81. The van der Waals surface area contributed by atoms with Gasteiger partial charge in [-0.1, -0.05) is 25.0 Å². The molecule has 1 unspecified atom stereocenters. The fourth-order valence-electron chi connectivity index (χ4n) is 5.25. The summed E-state index contributed by atoms with van der Waals surface area (Å²) in [7, 11) is 0. The predicted molar refractivity (Wildman–Crippen MR) is 151 cm³/mol. The lowest BCUT2D eigenvalue weighted by atomic mass is 9.84. The smallest absolute Gasteiger partial charge is 0.201 e. The van der Waals surface area contributed by atoms with Gasteiger partial charge in [-0.2, -0.15) is 0 Å². The third-order valence-corrected chi connectivity index (χ3v) is 8.63. The van der Waals surface area contributed by atoms with E-state index in [9.17, 15) is 9.59 Å². The van der Waals surface area contributed by atoms with E-state index in [1.54, 1.807) is 6.08 Å². The van der Waals surface area contributed by atoms with Crippen molar-refractivity contribution in [1.29, 1.82) is 0 Å². The molecule has 1 saturated heterocycles. The van der Waals surface area contributed by atoms with Crippen LogP contribution in [0.4, 0.5) is 0 Å². The highest BCUT2D eigenvalue weighted by atomic mass is 32.2. The lowest BCUT2D eigenvalue weighted by Crippen LogP contribution is -2.42. The first kappa shape index (κ1) is 27.5. The highest BCUT2D eigenvalue weighted by Crippen LogP contribution is 2.41. The number of thioether (sulfide) groups is 1. The number of rotatable bonds is 10. The number of ether oxygens (including phenoxy) is 2. The van der Waals surface area contributed by atoms with Crippen molar-refractivity contribution in [3.05, 3.63) is 62.6 Å². The zero-order valence-corrected chi connectivity index (χ0v) is 23.4. The molecule has 6 heteroatoms. The summed E-state index contributed by atoms with van der Waals surface area (Å²) in [4.78, 5) is 23.8. The van der Waals surface area contributed by atoms with Crippen molar-refractivity contribution in [3.8, 4) is 11.5 Å². The van der Waals surface area contributed by atoms with E-state index in [2.05, 4.69) is 27.7 Å². The minimum Gasteiger partial charge on any atom is -0.489 e. The van der Waals surface area contributed by atoms with Gasteiger partial charge in [-0.15, -0.1) is 0 Å². The summed E-state index contributed by atoms with van der Waals surface area (Å²) in [5.74, 6) is 1.69. The molecule has 37 heavy (non-hydrogen) atoms. The Bertz CT molecular complexity index is 1200. The summed E-state index contributed by atoms with van der Waals surface area (Å²) in [6, 6.07) is 7.62. The Morgan fingerprint density at radius 2 is 1.76 bits per heavy atom. The first-order chi connectivity index (χ1) is 17.7. The van der Waals surface area contributed by atoms with Crippen molar-refractivity contribution in [2.45, 2.75) is 84.7 Å². The maximum absolute atomic E-state index is 11.9. The van der Waals surface area contributed by atoms with Crippen molar-refractivity contribution in [1.82, 2.24) is 0 Å². The van der Waals surface area contributed by atoms with Crippen LogP contribution < -0.4 is 15.2 Å². The van der Waals surface area contributed by atoms with E-state index in [1.807, 2.05) is 24.3 Å². The van der Waals surface area contributed by atoms with Gasteiger partial charge in [0.25, 0.3) is 0 Å². The van der Waals surface area contributed by atoms with Crippen molar-refractivity contribution >= 4 is 28.7 Å². The topological polar surface area (TPSA) is 78.6 Å². The maximum Gasteiger partial charge on any atom is 0.201 e. The molecular weight excluding hydrogens is 482 g/mol. The second-order valence-corrected chi connectivity index (χ2v) is 11.7.